The molecule has 0 aliphatic carbocycles. The van der Waals surface area contributed by atoms with Crippen LogP contribution in [0.3, 0.4) is 0 Å². The number of rotatable bonds is 8. The van der Waals surface area contributed by atoms with Crippen LogP contribution in [0, 0.1) is 10.8 Å². The maximum atomic E-state index is 6.04. The van der Waals surface area contributed by atoms with Gasteiger partial charge in [0.1, 0.15) is 0 Å². The zero-order valence-corrected chi connectivity index (χ0v) is 47.4. The van der Waals surface area contributed by atoms with Crippen LogP contribution in [0.25, 0.3) is 43.8 Å². The Hall–Kier alpha value is -2.38. The molecule has 2 heterocycles. The molecule has 356 valence electrons. The van der Waals surface area contributed by atoms with Gasteiger partial charge in [-0.05, 0) is 86.5 Å². The third kappa shape index (κ3) is 13.9. The largest absolute Gasteiger partial charge is 1.00 e. The molecule has 0 bridgehead atoms. The van der Waals surface area contributed by atoms with Crippen LogP contribution in [0.15, 0.2) is 109 Å². The minimum absolute atomic E-state index is 0. The van der Waals surface area contributed by atoms with E-state index in [0.29, 0.717) is 0 Å². The Morgan fingerprint density at radius 1 is 0.515 bits per heavy atom. The van der Waals surface area contributed by atoms with E-state index in [1.165, 1.54) is 66.1 Å². The minimum atomic E-state index is -0.473. The first-order valence-corrected chi connectivity index (χ1v) is 29.8. The van der Waals surface area contributed by atoms with Gasteiger partial charge in [-0.2, -0.15) is 12.1 Å². The number of hydrogen-bond donors (Lipinski definition) is 0. The summed E-state index contributed by atoms with van der Waals surface area (Å²) in [6.07, 6.45) is 4.05. The van der Waals surface area contributed by atoms with Crippen LogP contribution in [-0.2, 0) is 66.0 Å². The monoisotopic (exact) mass is 1020 g/mol. The summed E-state index contributed by atoms with van der Waals surface area (Å²) in [4.78, 5) is 0. The van der Waals surface area contributed by atoms with Crippen LogP contribution in [0.4, 0.5) is 0 Å². The molecule has 2 fully saturated rings. The van der Waals surface area contributed by atoms with Gasteiger partial charge >= 0.3 is 41.9 Å². The summed E-state index contributed by atoms with van der Waals surface area (Å²) in [5.74, 6) is -0.946. The van der Waals surface area contributed by atoms with Gasteiger partial charge in [-0.15, -0.1) is 69.1 Å². The third-order valence-corrected chi connectivity index (χ3v) is 13.2. The molecule has 0 aromatic heterocycles. The van der Waals surface area contributed by atoms with Gasteiger partial charge in [0.15, 0.2) is 11.6 Å². The van der Waals surface area contributed by atoms with Gasteiger partial charge in [0.25, 0.3) is 0 Å². The summed E-state index contributed by atoms with van der Waals surface area (Å²) in [7, 11) is 0. The molecule has 0 saturated carbocycles. The van der Waals surface area contributed by atoms with E-state index in [0.717, 1.165) is 52.1 Å². The van der Waals surface area contributed by atoms with E-state index in [4.69, 9.17) is 18.9 Å². The van der Waals surface area contributed by atoms with Crippen LogP contribution >= 0.6 is 0 Å². The molecule has 0 spiro atoms. The molecule has 0 unspecified atom stereocenters. The summed E-state index contributed by atoms with van der Waals surface area (Å²) in [5, 5.41) is 5.31. The summed E-state index contributed by atoms with van der Waals surface area (Å²) in [6.45, 7) is 33.9. The Labute approximate surface area is 426 Å². The Morgan fingerprint density at radius 2 is 0.818 bits per heavy atom. The number of fused-ring (bicyclic) bond motifs is 2. The maximum Gasteiger partial charge on any atom is -1.00 e. The van der Waals surface area contributed by atoms with Gasteiger partial charge in [-0.1, -0.05) is 127 Å². The molecule has 0 N–H and O–H groups in total. The van der Waals surface area contributed by atoms with Crippen molar-refractivity contribution in [3.8, 4) is 22.3 Å². The van der Waals surface area contributed by atoms with Gasteiger partial charge in [-0.25, -0.2) is 0 Å². The Morgan fingerprint density at radius 3 is 1.12 bits per heavy atom. The van der Waals surface area contributed by atoms with E-state index >= 15 is 0 Å². The SMILES string of the molecule is CCC1(Cc2cc3c(-c4ccccc4C(C)(C)C)cccc3[cH-]2)COC(C)(C)OC1.CCC1(Cc2cc3c(-c4ccccc4C(C)(C)C)cccc3[cH-]2)COC(C)(C)OC1.C[Si](C)=[Zr+2].[Cl-].[Cl-]. The second kappa shape index (κ2) is 22.6. The number of halogens is 2. The van der Waals surface area contributed by atoms with Crippen molar-refractivity contribution < 1.29 is 67.1 Å². The zero-order chi connectivity index (χ0) is 46.7. The average molecular weight is 1030 g/mol. The van der Waals surface area contributed by atoms with Gasteiger partial charge in [0.2, 0.25) is 0 Å². The molecule has 0 radical (unpaired) electrons. The van der Waals surface area contributed by atoms with Gasteiger partial charge < -0.3 is 43.8 Å². The van der Waals surface area contributed by atoms with Gasteiger partial charge in [-0.3, -0.25) is 0 Å². The quantitative estimate of drug-likeness (QED) is 0.113. The van der Waals surface area contributed by atoms with E-state index in [1.807, 2.05) is 27.7 Å². The first-order chi connectivity index (χ1) is 30.0. The van der Waals surface area contributed by atoms with Crippen molar-refractivity contribution in [2.24, 2.45) is 10.8 Å². The van der Waals surface area contributed by atoms with Crippen molar-refractivity contribution in [3.05, 3.63) is 131 Å². The second-order valence-corrected chi connectivity index (χ2v) is 31.3. The fraction of sp³-hybridized carbons (Fsp3) is 0.483. The van der Waals surface area contributed by atoms with Crippen LogP contribution in [0.5, 0.6) is 0 Å². The van der Waals surface area contributed by atoms with Crippen LogP contribution in [0.2, 0.25) is 13.1 Å². The minimum Gasteiger partial charge on any atom is -1.00 e. The maximum absolute atomic E-state index is 6.04. The molecule has 8 heteroatoms. The van der Waals surface area contributed by atoms with Gasteiger partial charge in [0.05, 0.1) is 26.4 Å². The summed E-state index contributed by atoms with van der Waals surface area (Å²) in [5.41, 5.74) is 11.4. The standard InChI is InChI=1S/2C28H35O2.C2H6Si.2ClH.Zr/c2*1-7-28(18-29-27(5,6)30-19-28)17-20-15-21-11-10-13-22(24(21)16-20)23-12-8-9-14-25(23)26(2,3)4;1-3-2;;;/h2*8-16H,7,17-19H2,1-6H3;1-2H3;2*1H;/q2*-1;;;;+2/p-2. The molecule has 6 aromatic carbocycles. The average Bonchev–Trinajstić information content (AvgIpc) is 3.85. The first-order valence-electron chi connectivity index (χ1n) is 23.6. The molecule has 66 heavy (non-hydrogen) atoms. The summed E-state index contributed by atoms with van der Waals surface area (Å²) in [6, 6.07) is 40.5. The molecular formula is C58H76Cl2O4SiZr-2. The van der Waals surface area contributed by atoms with E-state index in [-0.39, 0.29) is 51.9 Å². The van der Waals surface area contributed by atoms with Gasteiger partial charge in [0, 0.05) is 10.8 Å². The molecule has 2 aliphatic heterocycles. The molecule has 4 nitrogen and oxygen atoms in total. The van der Waals surface area contributed by atoms with Crippen LogP contribution in [-0.4, -0.2) is 43.4 Å². The third-order valence-electron chi connectivity index (χ3n) is 13.2. The normalized spacial score (nSPS) is 17.3. The molecule has 0 atom stereocenters. The Balaban J connectivity index is 0.000000260. The van der Waals surface area contributed by atoms with Crippen molar-refractivity contribution in [2.45, 2.75) is 144 Å². The van der Waals surface area contributed by atoms with Crippen molar-refractivity contribution in [2.75, 3.05) is 26.4 Å². The van der Waals surface area contributed by atoms with Crippen LogP contribution in [0.1, 0.15) is 118 Å². The fourth-order valence-electron chi connectivity index (χ4n) is 9.21. The second-order valence-electron chi connectivity index (χ2n) is 22.0. The zero-order valence-electron chi connectivity index (χ0n) is 42.4. The van der Waals surface area contributed by atoms with Crippen molar-refractivity contribution >= 4 is 27.0 Å². The van der Waals surface area contributed by atoms with Crippen molar-refractivity contribution in [1.82, 2.24) is 0 Å². The molecule has 2 aliphatic rings. The topological polar surface area (TPSA) is 36.9 Å². The fourth-order valence-corrected chi connectivity index (χ4v) is 9.21. The van der Waals surface area contributed by atoms with E-state index in [1.54, 1.807) is 23.3 Å². The Kier molecular flexibility index (Phi) is 19.2. The van der Waals surface area contributed by atoms with Crippen LogP contribution < -0.4 is 24.8 Å². The predicted molar refractivity (Wildman–Crippen MR) is 270 cm³/mol. The molecule has 6 aromatic rings. The molecule has 2 saturated heterocycles. The summed E-state index contributed by atoms with van der Waals surface area (Å²) < 4.78 is 24.2. The van der Waals surface area contributed by atoms with Crippen molar-refractivity contribution in [1.29, 1.82) is 0 Å². The summed E-state index contributed by atoms with van der Waals surface area (Å²) >= 11 is 1.74. The van der Waals surface area contributed by atoms with Crippen molar-refractivity contribution in [3.63, 3.8) is 0 Å². The number of benzene rings is 4. The van der Waals surface area contributed by atoms with E-state index < -0.39 is 11.6 Å². The first kappa shape index (κ1) is 56.2. The van der Waals surface area contributed by atoms with E-state index in [2.05, 4.69) is 178 Å². The predicted octanol–water partition coefficient (Wildman–Crippen LogP) is 9.28. The molecule has 0 amide bonds. The molecular weight excluding hydrogens is 951 g/mol. The smallest absolute Gasteiger partial charge is 1.00 e. The van der Waals surface area contributed by atoms with E-state index in [9.17, 15) is 0 Å². The Bertz CT molecular complexity index is 2340. The number of ether oxygens (including phenoxy) is 4. The molecule has 8 rings (SSSR count). The number of hydrogen-bond acceptors (Lipinski definition) is 4.